The molecule has 2 amide bonds. The zero-order chi connectivity index (χ0) is 25.5. The highest BCUT2D eigenvalue weighted by Gasteiger charge is 2.27. The van der Waals surface area contributed by atoms with Gasteiger partial charge in [0.05, 0.1) is 22.0 Å². The standard InChI is InChI=1S/C23H28Cl2FN3O4S/c1-4-27-23(31)16(2)28(15-17-11-12-18(24)19(25)14-17)22(30)10-7-13-29(34(3,32)33)21-9-6-5-8-20(21)26/h5-6,8-9,11-12,14,16H,4,7,10,13,15H2,1-3H3,(H,27,31)/t16-/m1/s1. The van der Waals surface area contributed by atoms with E-state index in [4.69, 9.17) is 23.2 Å². The molecule has 2 aromatic carbocycles. The molecular weight excluding hydrogens is 504 g/mol. The summed E-state index contributed by atoms with van der Waals surface area (Å²) < 4.78 is 39.6. The van der Waals surface area contributed by atoms with Crippen LogP contribution in [0.3, 0.4) is 0 Å². The molecule has 0 saturated heterocycles. The topological polar surface area (TPSA) is 86.8 Å². The highest BCUT2D eigenvalue weighted by molar-refractivity contribution is 7.92. The second-order valence-corrected chi connectivity index (χ2v) is 10.5. The molecule has 0 unspecified atom stereocenters. The molecule has 0 aromatic heterocycles. The van der Waals surface area contributed by atoms with Gasteiger partial charge >= 0.3 is 0 Å². The van der Waals surface area contributed by atoms with Crippen LogP contribution < -0.4 is 9.62 Å². The Morgan fingerprint density at radius 2 is 1.79 bits per heavy atom. The fourth-order valence-corrected chi connectivity index (χ4v) is 4.66. The lowest BCUT2D eigenvalue weighted by atomic mass is 10.1. The van der Waals surface area contributed by atoms with Gasteiger partial charge in [0, 0.05) is 26.1 Å². The van der Waals surface area contributed by atoms with E-state index >= 15 is 0 Å². The molecule has 0 aliphatic rings. The summed E-state index contributed by atoms with van der Waals surface area (Å²) in [6.07, 6.45) is 1.06. The van der Waals surface area contributed by atoms with Crippen molar-refractivity contribution in [1.29, 1.82) is 0 Å². The van der Waals surface area contributed by atoms with Gasteiger partial charge < -0.3 is 10.2 Å². The molecule has 0 aliphatic heterocycles. The SMILES string of the molecule is CCNC(=O)[C@@H](C)N(Cc1ccc(Cl)c(Cl)c1)C(=O)CCCN(c1ccccc1F)S(C)(=O)=O. The van der Waals surface area contributed by atoms with Crippen LogP contribution in [0, 0.1) is 5.82 Å². The summed E-state index contributed by atoms with van der Waals surface area (Å²) in [5.41, 5.74) is 0.601. The predicted molar refractivity (Wildman–Crippen MR) is 133 cm³/mol. The number of carbonyl (C=O) groups excluding carboxylic acids is 2. The van der Waals surface area contributed by atoms with Crippen molar-refractivity contribution < 1.29 is 22.4 Å². The fraction of sp³-hybridized carbons (Fsp3) is 0.391. The Balaban J connectivity index is 2.19. The first kappa shape index (κ1) is 27.9. The lowest BCUT2D eigenvalue weighted by Gasteiger charge is -2.29. The van der Waals surface area contributed by atoms with Gasteiger partial charge in [0.2, 0.25) is 21.8 Å². The molecule has 0 aliphatic carbocycles. The van der Waals surface area contributed by atoms with Crippen molar-refractivity contribution in [1.82, 2.24) is 10.2 Å². The van der Waals surface area contributed by atoms with E-state index in [0.29, 0.717) is 22.2 Å². The molecule has 1 N–H and O–H groups in total. The average Bonchev–Trinajstić information content (AvgIpc) is 2.77. The maximum atomic E-state index is 14.2. The number of para-hydroxylation sites is 1. The van der Waals surface area contributed by atoms with E-state index < -0.39 is 21.9 Å². The highest BCUT2D eigenvalue weighted by atomic mass is 35.5. The number of anilines is 1. The number of likely N-dealkylation sites (N-methyl/N-ethyl adjacent to an activating group) is 1. The van der Waals surface area contributed by atoms with Gasteiger partial charge in [-0.3, -0.25) is 13.9 Å². The first-order valence-electron chi connectivity index (χ1n) is 10.7. The minimum absolute atomic E-state index is 0.0501. The minimum atomic E-state index is -3.78. The van der Waals surface area contributed by atoms with Gasteiger partial charge in [0.15, 0.2) is 0 Å². The number of carbonyl (C=O) groups is 2. The monoisotopic (exact) mass is 531 g/mol. The highest BCUT2D eigenvalue weighted by Crippen LogP contribution is 2.25. The van der Waals surface area contributed by atoms with Crippen LogP contribution in [-0.2, 0) is 26.2 Å². The lowest BCUT2D eigenvalue weighted by molar-refractivity contribution is -0.140. The summed E-state index contributed by atoms with van der Waals surface area (Å²) in [6.45, 7) is 3.81. The summed E-state index contributed by atoms with van der Waals surface area (Å²) in [5, 5.41) is 3.39. The second-order valence-electron chi connectivity index (χ2n) is 7.73. The van der Waals surface area contributed by atoms with Gasteiger partial charge in [-0.1, -0.05) is 41.4 Å². The molecule has 2 aromatic rings. The Labute approximate surface area is 209 Å². The van der Waals surface area contributed by atoms with Crippen LogP contribution in [0.4, 0.5) is 10.1 Å². The Morgan fingerprint density at radius 1 is 1.12 bits per heavy atom. The third kappa shape index (κ3) is 7.58. The zero-order valence-corrected chi connectivity index (χ0v) is 21.6. The van der Waals surface area contributed by atoms with E-state index in [0.717, 1.165) is 10.6 Å². The third-order valence-corrected chi connectivity index (χ3v) is 7.05. The van der Waals surface area contributed by atoms with E-state index in [1.165, 1.54) is 29.2 Å². The number of halogens is 3. The normalized spacial score (nSPS) is 12.2. The van der Waals surface area contributed by atoms with Gasteiger partial charge in [0.25, 0.3) is 0 Å². The van der Waals surface area contributed by atoms with E-state index in [1.807, 2.05) is 0 Å². The molecule has 0 bridgehead atoms. The molecule has 1 atom stereocenters. The number of nitrogens with one attached hydrogen (secondary N) is 1. The second kappa shape index (κ2) is 12.4. The summed E-state index contributed by atoms with van der Waals surface area (Å²) in [6, 6.07) is 9.70. The average molecular weight is 532 g/mol. The van der Waals surface area contributed by atoms with Crippen molar-refractivity contribution in [3.63, 3.8) is 0 Å². The number of sulfonamides is 1. The number of nitrogens with zero attached hydrogens (tertiary/aromatic N) is 2. The van der Waals surface area contributed by atoms with Gasteiger partial charge in [-0.05, 0) is 50.1 Å². The van der Waals surface area contributed by atoms with E-state index in [2.05, 4.69) is 5.32 Å². The molecule has 7 nitrogen and oxygen atoms in total. The molecule has 186 valence electrons. The van der Waals surface area contributed by atoms with Crippen LogP contribution in [0.15, 0.2) is 42.5 Å². The van der Waals surface area contributed by atoms with Crippen LogP contribution in [-0.4, -0.2) is 50.5 Å². The molecule has 0 saturated carbocycles. The van der Waals surface area contributed by atoms with Crippen molar-refractivity contribution in [3.05, 3.63) is 63.9 Å². The largest absolute Gasteiger partial charge is 0.355 e. The Bertz CT molecular complexity index is 1130. The van der Waals surface area contributed by atoms with Gasteiger partial charge in [0.1, 0.15) is 11.9 Å². The maximum Gasteiger partial charge on any atom is 0.242 e. The van der Waals surface area contributed by atoms with Crippen LogP contribution in [0.1, 0.15) is 32.3 Å². The Morgan fingerprint density at radius 3 is 2.38 bits per heavy atom. The van der Waals surface area contributed by atoms with Gasteiger partial charge in [-0.25, -0.2) is 12.8 Å². The first-order valence-corrected chi connectivity index (χ1v) is 13.3. The lowest BCUT2D eigenvalue weighted by Crippen LogP contribution is -2.47. The smallest absolute Gasteiger partial charge is 0.242 e. The van der Waals surface area contributed by atoms with E-state index in [1.54, 1.807) is 32.0 Å². The zero-order valence-electron chi connectivity index (χ0n) is 19.2. The van der Waals surface area contributed by atoms with Crippen molar-refractivity contribution in [2.45, 2.75) is 39.3 Å². The van der Waals surface area contributed by atoms with Crippen molar-refractivity contribution in [2.75, 3.05) is 23.7 Å². The number of amides is 2. The van der Waals surface area contributed by atoms with Crippen LogP contribution in [0.5, 0.6) is 0 Å². The van der Waals surface area contributed by atoms with Crippen LogP contribution >= 0.6 is 23.2 Å². The Kier molecular flexibility index (Phi) is 10.1. The maximum absolute atomic E-state index is 14.2. The quantitative estimate of drug-likeness (QED) is 0.469. The van der Waals surface area contributed by atoms with Crippen molar-refractivity contribution in [2.24, 2.45) is 0 Å². The van der Waals surface area contributed by atoms with Crippen LogP contribution in [0.2, 0.25) is 10.0 Å². The van der Waals surface area contributed by atoms with Crippen molar-refractivity contribution in [3.8, 4) is 0 Å². The minimum Gasteiger partial charge on any atom is -0.355 e. The Hall–Kier alpha value is -2.36. The number of hydrogen-bond donors (Lipinski definition) is 1. The molecule has 0 spiro atoms. The predicted octanol–water partition coefficient (Wildman–Crippen LogP) is 4.23. The van der Waals surface area contributed by atoms with E-state index in [9.17, 15) is 22.4 Å². The molecular formula is C23H28Cl2FN3O4S. The van der Waals surface area contributed by atoms with Crippen molar-refractivity contribution >= 4 is 50.7 Å². The summed E-state index contributed by atoms with van der Waals surface area (Å²) >= 11 is 12.1. The molecule has 11 heteroatoms. The molecule has 2 rings (SSSR count). The summed E-state index contributed by atoms with van der Waals surface area (Å²) in [5.74, 6) is -1.35. The van der Waals surface area contributed by atoms with E-state index in [-0.39, 0.29) is 43.4 Å². The number of benzene rings is 2. The molecule has 34 heavy (non-hydrogen) atoms. The molecule has 0 heterocycles. The molecule has 0 fully saturated rings. The summed E-state index contributed by atoms with van der Waals surface area (Å²) in [4.78, 5) is 27.0. The molecule has 0 radical (unpaired) electrons. The van der Waals surface area contributed by atoms with Crippen LogP contribution in [0.25, 0.3) is 0 Å². The van der Waals surface area contributed by atoms with Gasteiger partial charge in [-0.2, -0.15) is 0 Å². The first-order chi connectivity index (χ1) is 16.0. The third-order valence-electron chi connectivity index (χ3n) is 5.13. The fourth-order valence-electron chi connectivity index (χ4n) is 3.38. The number of rotatable bonds is 11. The summed E-state index contributed by atoms with van der Waals surface area (Å²) in [7, 11) is -3.78. The van der Waals surface area contributed by atoms with Gasteiger partial charge in [-0.15, -0.1) is 0 Å². The number of hydrogen-bond acceptors (Lipinski definition) is 4.